The molecule has 0 amide bonds. The lowest BCUT2D eigenvalue weighted by molar-refractivity contribution is 0.0256. The highest BCUT2D eigenvalue weighted by atomic mass is 15.3. The van der Waals surface area contributed by atoms with Crippen molar-refractivity contribution >= 4 is 0 Å². The minimum Gasteiger partial charge on any atom is -0.308 e. The fraction of sp³-hybridized carbons (Fsp3) is 1.00. The maximum absolute atomic E-state index is 3.94. The van der Waals surface area contributed by atoms with Crippen molar-refractivity contribution < 1.29 is 0 Å². The maximum atomic E-state index is 3.94. The number of nitrogens with one attached hydrogen (secondary N) is 1. The molecule has 2 heteroatoms. The lowest BCUT2D eigenvalue weighted by atomic mass is 9.79. The van der Waals surface area contributed by atoms with Crippen molar-refractivity contribution in [3.05, 3.63) is 0 Å². The van der Waals surface area contributed by atoms with Gasteiger partial charge in [0.1, 0.15) is 0 Å². The van der Waals surface area contributed by atoms with E-state index in [0.29, 0.717) is 5.54 Å². The predicted octanol–water partition coefficient (Wildman–Crippen LogP) is 3.95. The van der Waals surface area contributed by atoms with Crippen LogP contribution in [0.1, 0.15) is 78.1 Å². The highest BCUT2D eigenvalue weighted by molar-refractivity contribution is 5.00. The van der Waals surface area contributed by atoms with Gasteiger partial charge in [0, 0.05) is 30.7 Å². The van der Waals surface area contributed by atoms with E-state index >= 15 is 0 Å². The molecule has 2 aliphatic carbocycles. The average Bonchev–Trinajstić information content (AvgIpc) is 2.68. The van der Waals surface area contributed by atoms with Gasteiger partial charge in [-0.15, -0.1) is 0 Å². The average molecular weight is 278 g/mol. The van der Waals surface area contributed by atoms with Crippen LogP contribution in [-0.2, 0) is 0 Å². The minimum absolute atomic E-state index is 0.475. The summed E-state index contributed by atoms with van der Waals surface area (Å²) >= 11 is 0. The van der Waals surface area contributed by atoms with Gasteiger partial charge in [-0.25, -0.2) is 0 Å². The molecule has 1 heterocycles. The summed E-state index contributed by atoms with van der Waals surface area (Å²) in [5, 5.41) is 3.94. The Labute approximate surface area is 125 Å². The standard InChI is InChI=1S/C18H34N2/c1-15-7-6-8-17(10-9-15)20-14-18(19-13-16(20)2)11-4-3-5-12-18/h15-17,19H,3-14H2,1-2H3. The molecule has 1 aliphatic heterocycles. The predicted molar refractivity (Wildman–Crippen MR) is 86.0 cm³/mol. The van der Waals surface area contributed by atoms with Gasteiger partial charge >= 0.3 is 0 Å². The van der Waals surface area contributed by atoms with Crippen molar-refractivity contribution in [1.82, 2.24) is 10.2 Å². The molecule has 1 N–H and O–H groups in total. The van der Waals surface area contributed by atoms with Crippen molar-refractivity contribution in [2.24, 2.45) is 5.92 Å². The number of hydrogen-bond acceptors (Lipinski definition) is 2. The fourth-order valence-corrected chi connectivity index (χ4v) is 4.89. The van der Waals surface area contributed by atoms with Crippen LogP contribution >= 0.6 is 0 Å². The van der Waals surface area contributed by atoms with Gasteiger partial charge in [0.15, 0.2) is 0 Å². The summed E-state index contributed by atoms with van der Waals surface area (Å²) in [6, 6.07) is 1.61. The van der Waals surface area contributed by atoms with E-state index in [2.05, 4.69) is 24.1 Å². The van der Waals surface area contributed by atoms with E-state index in [1.165, 1.54) is 77.3 Å². The van der Waals surface area contributed by atoms with Crippen molar-refractivity contribution in [2.75, 3.05) is 13.1 Å². The van der Waals surface area contributed by atoms with Gasteiger partial charge in [0.25, 0.3) is 0 Å². The van der Waals surface area contributed by atoms with Gasteiger partial charge in [-0.2, -0.15) is 0 Å². The SMILES string of the molecule is CC1CCCC(N2CC3(CCCCC3)NCC2C)CC1. The molecule has 0 aromatic carbocycles. The molecule has 0 aromatic heterocycles. The van der Waals surface area contributed by atoms with E-state index in [-0.39, 0.29) is 0 Å². The van der Waals surface area contributed by atoms with Crippen molar-refractivity contribution in [3.63, 3.8) is 0 Å². The number of nitrogens with zero attached hydrogens (tertiary/aromatic N) is 1. The van der Waals surface area contributed by atoms with Crippen LogP contribution in [0.2, 0.25) is 0 Å². The molecule has 3 unspecified atom stereocenters. The molecular weight excluding hydrogens is 244 g/mol. The Bertz CT molecular complexity index is 309. The number of rotatable bonds is 1. The molecule has 116 valence electrons. The van der Waals surface area contributed by atoms with Crippen LogP contribution in [0.4, 0.5) is 0 Å². The van der Waals surface area contributed by atoms with Crippen LogP contribution in [0.15, 0.2) is 0 Å². The molecule has 20 heavy (non-hydrogen) atoms. The summed E-state index contributed by atoms with van der Waals surface area (Å²) < 4.78 is 0. The van der Waals surface area contributed by atoms with Gasteiger partial charge in [-0.3, -0.25) is 4.90 Å². The lowest BCUT2D eigenvalue weighted by Gasteiger charge is -2.51. The molecule has 1 spiro atoms. The molecule has 0 radical (unpaired) electrons. The Morgan fingerprint density at radius 1 is 0.900 bits per heavy atom. The lowest BCUT2D eigenvalue weighted by Crippen LogP contribution is -2.65. The summed E-state index contributed by atoms with van der Waals surface area (Å²) in [6.07, 6.45) is 14.4. The second kappa shape index (κ2) is 6.36. The summed E-state index contributed by atoms with van der Waals surface area (Å²) in [4.78, 5) is 2.90. The van der Waals surface area contributed by atoms with Gasteiger partial charge in [-0.05, 0) is 44.9 Å². The maximum Gasteiger partial charge on any atom is 0.0309 e. The Balaban J connectivity index is 1.66. The van der Waals surface area contributed by atoms with Crippen LogP contribution in [0, 0.1) is 5.92 Å². The van der Waals surface area contributed by atoms with Crippen molar-refractivity contribution in [3.8, 4) is 0 Å². The first-order valence-electron chi connectivity index (χ1n) is 9.19. The number of piperazine rings is 1. The molecular formula is C18H34N2. The minimum atomic E-state index is 0.475. The largest absolute Gasteiger partial charge is 0.308 e. The summed E-state index contributed by atoms with van der Waals surface area (Å²) in [7, 11) is 0. The molecule has 0 aromatic rings. The second-order valence-electron chi connectivity index (χ2n) is 8.01. The zero-order valence-electron chi connectivity index (χ0n) is 13.7. The summed E-state index contributed by atoms with van der Waals surface area (Å²) in [6.45, 7) is 7.43. The first-order valence-corrected chi connectivity index (χ1v) is 9.19. The molecule has 2 saturated carbocycles. The zero-order valence-corrected chi connectivity index (χ0v) is 13.7. The Hall–Kier alpha value is -0.0800. The molecule has 2 nitrogen and oxygen atoms in total. The third-order valence-corrected chi connectivity index (χ3v) is 6.33. The van der Waals surface area contributed by atoms with E-state index < -0.39 is 0 Å². The van der Waals surface area contributed by atoms with Crippen LogP contribution < -0.4 is 5.32 Å². The van der Waals surface area contributed by atoms with Gasteiger partial charge in [0.05, 0.1) is 0 Å². The van der Waals surface area contributed by atoms with Crippen molar-refractivity contribution in [2.45, 2.75) is 95.7 Å². The van der Waals surface area contributed by atoms with E-state index in [4.69, 9.17) is 0 Å². The van der Waals surface area contributed by atoms with E-state index in [1.54, 1.807) is 0 Å². The molecule has 3 atom stereocenters. The third kappa shape index (κ3) is 3.22. The van der Waals surface area contributed by atoms with Crippen LogP contribution in [-0.4, -0.2) is 35.6 Å². The highest BCUT2D eigenvalue weighted by Crippen LogP contribution is 2.35. The molecule has 1 saturated heterocycles. The van der Waals surface area contributed by atoms with Gasteiger partial charge in [-0.1, -0.05) is 39.0 Å². The quantitative estimate of drug-likeness (QED) is 0.731. The smallest absolute Gasteiger partial charge is 0.0309 e. The topological polar surface area (TPSA) is 15.3 Å². The van der Waals surface area contributed by atoms with Crippen LogP contribution in [0.25, 0.3) is 0 Å². The summed E-state index contributed by atoms with van der Waals surface area (Å²) in [5.41, 5.74) is 0.475. The first-order chi connectivity index (χ1) is 9.69. The third-order valence-electron chi connectivity index (χ3n) is 6.33. The highest BCUT2D eigenvalue weighted by Gasteiger charge is 2.40. The fourth-order valence-electron chi connectivity index (χ4n) is 4.89. The van der Waals surface area contributed by atoms with E-state index in [1.807, 2.05) is 0 Å². The second-order valence-corrected chi connectivity index (χ2v) is 8.01. The Morgan fingerprint density at radius 3 is 2.50 bits per heavy atom. The van der Waals surface area contributed by atoms with Crippen LogP contribution in [0.3, 0.4) is 0 Å². The summed E-state index contributed by atoms with van der Waals surface area (Å²) in [5.74, 6) is 0.960. The molecule has 3 rings (SSSR count). The number of hydrogen-bond donors (Lipinski definition) is 1. The van der Waals surface area contributed by atoms with Gasteiger partial charge < -0.3 is 5.32 Å². The van der Waals surface area contributed by atoms with Crippen LogP contribution in [0.5, 0.6) is 0 Å². The van der Waals surface area contributed by atoms with E-state index in [9.17, 15) is 0 Å². The molecule has 3 fully saturated rings. The monoisotopic (exact) mass is 278 g/mol. The van der Waals surface area contributed by atoms with Crippen molar-refractivity contribution in [1.29, 1.82) is 0 Å². The Kier molecular flexibility index (Phi) is 4.72. The molecule has 3 aliphatic rings. The van der Waals surface area contributed by atoms with E-state index in [0.717, 1.165) is 18.0 Å². The molecule has 0 bridgehead atoms. The zero-order chi connectivity index (χ0) is 14.0. The van der Waals surface area contributed by atoms with Gasteiger partial charge in [0.2, 0.25) is 0 Å². The Morgan fingerprint density at radius 2 is 1.70 bits per heavy atom. The normalized spacial score (nSPS) is 39.6. The first kappa shape index (κ1) is 14.8.